The third-order valence-corrected chi connectivity index (χ3v) is 4.41. The van der Waals surface area contributed by atoms with E-state index in [9.17, 15) is 20.2 Å². The summed E-state index contributed by atoms with van der Waals surface area (Å²) in [4.78, 5) is 22.7. The van der Waals surface area contributed by atoms with Crippen molar-refractivity contribution in [3.63, 3.8) is 0 Å². The van der Waals surface area contributed by atoms with Crippen LogP contribution < -0.4 is 5.32 Å². The third kappa shape index (κ3) is 4.57. The van der Waals surface area contributed by atoms with Crippen LogP contribution in [0.3, 0.4) is 0 Å². The zero-order valence-electron chi connectivity index (χ0n) is 15.8. The van der Waals surface area contributed by atoms with E-state index in [2.05, 4.69) is 5.32 Å². The van der Waals surface area contributed by atoms with Gasteiger partial charge in [0, 0.05) is 29.5 Å². The van der Waals surface area contributed by atoms with Crippen molar-refractivity contribution in [1.29, 1.82) is 5.26 Å². The number of nitriles is 1. The molecule has 0 aliphatic carbocycles. The minimum atomic E-state index is -0.538. The van der Waals surface area contributed by atoms with Gasteiger partial charge in [-0.15, -0.1) is 0 Å². The maximum atomic E-state index is 12.4. The van der Waals surface area contributed by atoms with Crippen molar-refractivity contribution in [2.75, 3.05) is 5.32 Å². The van der Waals surface area contributed by atoms with E-state index in [-0.39, 0.29) is 11.3 Å². The molecule has 0 unspecified atom stereocenters. The van der Waals surface area contributed by atoms with Crippen LogP contribution in [-0.2, 0) is 4.79 Å². The van der Waals surface area contributed by atoms with Crippen LogP contribution in [0.5, 0.6) is 0 Å². The van der Waals surface area contributed by atoms with Gasteiger partial charge in [0.25, 0.3) is 11.6 Å². The van der Waals surface area contributed by atoms with Crippen molar-refractivity contribution in [3.05, 3.63) is 87.2 Å². The first-order valence-corrected chi connectivity index (χ1v) is 8.72. The number of furan rings is 1. The molecule has 0 bridgehead atoms. The van der Waals surface area contributed by atoms with Crippen LogP contribution in [0, 0.1) is 35.3 Å². The fraction of sp³-hybridized carbons (Fsp3) is 0.0909. The second-order valence-corrected chi connectivity index (χ2v) is 6.43. The number of nitro groups is 1. The number of anilines is 1. The molecule has 0 saturated carbocycles. The molecule has 0 fully saturated rings. The van der Waals surface area contributed by atoms with Crippen LogP contribution in [0.15, 0.2) is 64.6 Å². The molecular weight excluding hydrogens is 370 g/mol. The normalized spacial score (nSPS) is 11.0. The predicted octanol–water partition coefficient (Wildman–Crippen LogP) is 5.02. The Morgan fingerprint density at radius 1 is 1.10 bits per heavy atom. The van der Waals surface area contributed by atoms with Crippen molar-refractivity contribution in [2.45, 2.75) is 13.8 Å². The molecule has 1 N–H and O–H groups in total. The summed E-state index contributed by atoms with van der Waals surface area (Å²) in [6, 6.07) is 16.6. The van der Waals surface area contributed by atoms with Crippen molar-refractivity contribution in [3.8, 4) is 17.4 Å². The number of benzene rings is 2. The Labute approximate surface area is 167 Å². The second-order valence-electron chi connectivity index (χ2n) is 6.43. The fourth-order valence-corrected chi connectivity index (χ4v) is 2.64. The first kappa shape index (κ1) is 19.6. The number of carbonyl (C=O) groups excluding carboxylic acids is 1. The molecule has 0 atom stereocenters. The standard InChI is InChI=1S/C22H17N3O4/c1-14-3-6-18(11-15(14)2)24-22(26)17(13-23)12-20-9-10-21(29-20)16-4-7-19(8-5-16)25(27)28/h3-12H,1-2H3,(H,24,26)/b17-12-. The molecule has 144 valence electrons. The lowest BCUT2D eigenvalue weighted by Crippen LogP contribution is -2.13. The van der Waals surface area contributed by atoms with Crippen molar-refractivity contribution in [2.24, 2.45) is 0 Å². The third-order valence-electron chi connectivity index (χ3n) is 4.41. The Morgan fingerprint density at radius 3 is 2.45 bits per heavy atom. The van der Waals surface area contributed by atoms with E-state index in [0.717, 1.165) is 11.1 Å². The number of nitro benzene ring substituents is 1. The van der Waals surface area contributed by atoms with Gasteiger partial charge in [0.1, 0.15) is 23.2 Å². The van der Waals surface area contributed by atoms with E-state index < -0.39 is 10.8 Å². The Hall–Kier alpha value is -4.18. The number of rotatable bonds is 5. The van der Waals surface area contributed by atoms with Crippen LogP contribution in [-0.4, -0.2) is 10.8 Å². The first-order valence-electron chi connectivity index (χ1n) is 8.72. The average molecular weight is 387 g/mol. The van der Waals surface area contributed by atoms with E-state index in [1.807, 2.05) is 32.0 Å². The minimum absolute atomic E-state index is 0.0183. The highest BCUT2D eigenvalue weighted by atomic mass is 16.6. The molecular formula is C22H17N3O4. The second kappa shape index (κ2) is 8.23. The molecule has 3 rings (SSSR count). The summed E-state index contributed by atoms with van der Waals surface area (Å²) < 4.78 is 5.66. The van der Waals surface area contributed by atoms with Crippen LogP contribution in [0.25, 0.3) is 17.4 Å². The Morgan fingerprint density at radius 2 is 1.83 bits per heavy atom. The number of non-ortho nitro benzene ring substituents is 1. The van der Waals surface area contributed by atoms with Gasteiger partial charge in [-0.2, -0.15) is 5.26 Å². The Bertz CT molecular complexity index is 1150. The molecule has 0 aliphatic heterocycles. The topological polar surface area (TPSA) is 109 Å². The highest BCUT2D eigenvalue weighted by Gasteiger charge is 2.12. The number of amides is 1. The smallest absolute Gasteiger partial charge is 0.269 e. The van der Waals surface area contributed by atoms with E-state index in [0.29, 0.717) is 22.8 Å². The SMILES string of the molecule is Cc1ccc(NC(=O)/C(C#N)=C\c2ccc(-c3ccc([N+](=O)[O-])cc3)o2)cc1C. The van der Waals surface area contributed by atoms with Crippen molar-refractivity contribution >= 4 is 23.4 Å². The maximum absolute atomic E-state index is 12.4. The molecule has 0 radical (unpaired) electrons. The van der Waals surface area contributed by atoms with Gasteiger partial charge in [-0.1, -0.05) is 6.07 Å². The van der Waals surface area contributed by atoms with E-state index in [1.54, 1.807) is 30.3 Å². The molecule has 0 spiro atoms. The van der Waals surface area contributed by atoms with Crippen LogP contribution >= 0.6 is 0 Å². The maximum Gasteiger partial charge on any atom is 0.269 e. The molecule has 29 heavy (non-hydrogen) atoms. The van der Waals surface area contributed by atoms with E-state index >= 15 is 0 Å². The number of nitrogens with one attached hydrogen (secondary N) is 1. The summed E-state index contributed by atoms with van der Waals surface area (Å²) in [7, 11) is 0. The first-order chi connectivity index (χ1) is 13.9. The van der Waals surface area contributed by atoms with Crippen LogP contribution in [0.2, 0.25) is 0 Å². The number of aryl methyl sites for hydroxylation is 2. The van der Waals surface area contributed by atoms with Gasteiger partial charge in [0.2, 0.25) is 0 Å². The molecule has 3 aromatic rings. The largest absolute Gasteiger partial charge is 0.457 e. The van der Waals surface area contributed by atoms with Gasteiger partial charge >= 0.3 is 0 Å². The highest BCUT2D eigenvalue weighted by Crippen LogP contribution is 2.25. The monoisotopic (exact) mass is 387 g/mol. The lowest BCUT2D eigenvalue weighted by atomic mass is 10.1. The van der Waals surface area contributed by atoms with Gasteiger partial charge in [-0.05, 0) is 61.4 Å². The Balaban J connectivity index is 1.78. The minimum Gasteiger partial charge on any atom is -0.457 e. The fourth-order valence-electron chi connectivity index (χ4n) is 2.64. The molecule has 2 aromatic carbocycles. The lowest BCUT2D eigenvalue weighted by Gasteiger charge is -2.06. The summed E-state index contributed by atoms with van der Waals surface area (Å²) in [6.07, 6.45) is 1.35. The van der Waals surface area contributed by atoms with Crippen molar-refractivity contribution in [1.82, 2.24) is 0 Å². The van der Waals surface area contributed by atoms with Gasteiger partial charge in [-0.3, -0.25) is 14.9 Å². The lowest BCUT2D eigenvalue weighted by molar-refractivity contribution is -0.384. The summed E-state index contributed by atoms with van der Waals surface area (Å²) in [5.41, 5.74) is 3.26. The van der Waals surface area contributed by atoms with Gasteiger partial charge in [0.15, 0.2) is 0 Å². The summed E-state index contributed by atoms with van der Waals surface area (Å²) in [5.74, 6) is 0.257. The number of carbonyl (C=O) groups is 1. The molecule has 0 saturated heterocycles. The summed E-state index contributed by atoms with van der Waals surface area (Å²) >= 11 is 0. The van der Waals surface area contributed by atoms with E-state index in [1.165, 1.54) is 18.2 Å². The molecule has 7 nitrogen and oxygen atoms in total. The Kier molecular flexibility index (Phi) is 5.56. The zero-order chi connectivity index (χ0) is 21.0. The quantitative estimate of drug-likeness (QED) is 0.286. The number of hydrogen-bond acceptors (Lipinski definition) is 5. The zero-order valence-corrected chi connectivity index (χ0v) is 15.8. The molecule has 1 heterocycles. The van der Waals surface area contributed by atoms with Crippen LogP contribution in [0.4, 0.5) is 11.4 Å². The predicted molar refractivity (Wildman–Crippen MR) is 109 cm³/mol. The number of nitrogens with zero attached hydrogens (tertiary/aromatic N) is 2. The van der Waals surface area contributed by atoms with Crippen molar-refractivity contribution < 1.29 is 14.1 Å². The average Bonchev–Trinajstić information content (AvgIpc) is 3.17. The van der Waals surface area contributed by atoms with Gasteiger partial charge < -0.3 is 9.73 Å². The summed E-state index contributed by atoms with van der Waals surface area (Å²) in [6.45, 7) is 3.91. The molecule has 1 aromatic heterocycles. The summed E-state index contributed by atoms with van der Waals surface area (Å²) in [5, 5.41) is 22.8. The van der Waals surface area contributed by atoms with Crippen LogP contribution in [0.1, 0.15) is 16.9 Å². The molecule has 0 aliphatic rings. The van der Waals surface area contributed by atoms with E-state index in [4.69, 9.17) is 4.42 Å². The molecule has 7 heteroatoms. The number of hydrogen-bond donors (Lipinski definition) is 1. The highest BCUT2D eigenvalue weighted by molar-refractivity contribution is 6.09. The van der Waals surface area contributed by atoms with Gasteiger partial charge in [0.05, 0.1) is 4.92 Å². The van der Waals surface area contributed by atoms with Gasteiger partial charge in [-0.25, -0.2) is 0 Å². The molecule has 1 amide bonds.